The van der Waals surface area contributed by atoms with Crippen molar-refractivity contribution in [3.63, 3.8) is 0 Å². The van der Waals surface area contributed by atoms with E-state index in [0.29, 0.717) is 51.6 Å². The first-order valence-corrected chi connectivity index (χ1v) is 13.4. The third-order valence-corrected chi connectivity index (χ3v) is 6.01. The number of carboxylic acid groups (broad SMARTS) is 1. The predicted octanol–water partition coefficient (Wildman–Crippen LogP) is -3.10. The van der Waals surface area contributed by atoms with Gasteiger partial charge in [0.1, 0.15) is 18.1 Å². The highest BCUT2D eigenvalue weighted by molar-refractivity contribution is 5.95. The SMILES string of the molecule is NCCCC[C@@H]1NC(=O)[C@H](CC(=O)O)NC(=O)CNC(=O)[C@H](CCCN=C(N)N)NC(=O)CCCCCNC1=O. The van der Waals surface area contributed by atoms with E-state index in [1.54, 1.807) is 0 Å². The molecule has 16 heteroatoms. The molecule has 0 radical (unpaired) electrons. The summed E-state index contributed by atoms with van der Waals surface area (Å²) in [4.78, 5) is 78.7. The zero-order valence-corrected chi connectivity index (χ0v) is 22.7. The molecule has 12 N–H and O–H groups in total. The lowest BCUT2D eigenvalue weighted by atomic mass is 10.1. The summed E-state index contributed by atoms with van der Waals surface area (Å²) in [6.07, 6.45) is 3.11. The Hall–Kier alpha value is -3.95. The predicted molar refractivity (Wildman–Crippen MR) is 145 cm³/mol. The maximum absolute atomic E-state index is 12.9. The lowest BCUT2D eigenvalue weighted by molar-refractivity contribution is -0.141. The molecule has 0 aromatic carbocycles. The Labute approximate surface area is 233 Å². The number of aliphatic imine (C=N–C) groups is 1. The fourth-order valence-electron chi connectivity index (χ4n) is 3.91. The summed E-state index contributed by atoms with van der Waals surface area (Å²) in [6, 6.07) is -3.42. The number of nitrogens with zero attached hydrogens (tertiary/aromatic N) is 1. The first kappa shape index (κ1) is 34.1. The number of aliphatic carboxylic acids is 1. The van der Waals surface area contributed by atoms with E-state index in [9.17, 15) is 33.9 Å². The van der Waals surface area contributed by atoms with Gasteiger partial charge in [0, 0.05) is 19.5 Å². The van der Waals surface area contributed by atoms with Crippen LogP contribution >= 0.6 is 0 Å². The van der Waals surface area contributed by atoms with Gasteiger partial charge in [-0.25, -0.2) is 0 Å². The van der Waals surface area contributed by atoms with E-state index >= 15 is 0 Å². The highest BCUT2D eigenvalue weighted by Crippen LogP contribution is 2.06. The Morgan fingerprint density at radius 1 is 0.800 bits per heavy atom. The molecular formula is C24H43N9O7. The van der Waals surface area contributed by atoms with Crippen molar-refractivity contribution in [3.05, 3.63) is 0 Å². The van der Waals surface area contributed by atoms with Gasteiger partial charge in [-0.2, -0.15) is 0 Å². The topological polar surface area (TPSA) is 273 Å². The van der Waals surface area contributed by atoms with Crippen molar-refractivity contribution >= 4 is 41.5 Å². The average Bonchev–Trinajstić information content (AvgIpc) is 2.88. The van der Waals surface area contributed by atoms with Gasteiger partial charge >= 0.3 is 5.97 Å². The molecule has 5 amide bonds. The van der Waals surface area contributed by atoms with Gasteiger partial charge in [-0.1, -0.05) is 6.42 Å². The number of nitrogens with two attached hydrogens (primary N) is 3. The van der Waals surface area contributed by atoms with Gasteiger partial charge in [0.25, 0.3) is 0 Å². The van der Waals surface area contributed by atoms with E-state index in [4.69, 9.17) is 17.2 Å². The number of carboxylic acids is 1. The van der Waals surface area contributed by atoms with Crippen LogP contribution in [0.2, 0.25) is 0 Å². The molecule has 0 aliphatic carbocycles. The molecule has 0 aromatic heterocycles. The van der Waals surface area contributed by atoms with Crippen molar-refractivity contribution in [2.45, 2.75) is 82.3 Å². The molecule has 0 spiro atoms. The third-order valence-electron chi connectivity index (χ3n) is 6.01. The number of carbonyl (C=O) groups is 6. The fraction of sp³-hybridized carbons (Fsp3) is 0.708. The van der Waals surface area contributed by atoms with Crippen LogP contribution in [0.5, 0.6) is 0 Å². The summed E-state index contributed by atoms with van der Waals surface area (Å²) in [6.45, 7) is 0.349. The maximum Gasteiger partial charge on any atom is 0.305 e. The minimum Gasteiger partial charge on any atom is -0.481 e. The van der Waals surface area contributed by atoms with Crippen LogP contribution in [0.15, 0.2) is 4.99 Å². The molecule has 0 saturated carbocycles. The van der Waals surface area contributed by atoms with E-state index in [0.717, 1.165) is 0 Å². The van der Waals surface area contributed by atoms with Crippen molar-refractivity contribution < 1.29 is 33.9 Å². The average molecular weight is 570 g/mol. The molecule has 16 nitrogen and oxygen atoms in total. The molecule has 1 rings (SSSR count). The van der Waals surface area contributed by atoms with Crippen LogP contribution in [0.25, 0.3) is 0 Å². The largest absolute Gasteiger partial charge is 0.481 e. The molecule has 226 valence electrons. The van der Waals surface area contributed by atoms with Crippen molar-refractivity contribution in [1.82, 2.24) is 26.6 Å². The van der Waals surface area contributed by atoms with E-state index < -0.39 is 60.7 Å². The van der Waals surface area contributed by atoms with Gasteiger partial charge in [0.15, 0.2) is 5.96 Å². The standard InChI is InChI=1S/C24H43N9O7/c25-10-4-3-7-16-21(38)28-11-5-1-2-9-18(34)31-15(8-6-12-29-24(26)27)22(39)30-14-19(35)32-17(13-20(36)37)23(40)33-16/h15-17H,1-14,25H2,(H,28,38)(H,30,39)(H,31,34)(H,32,35)(H,33,40)(H,36,37)(H4,26,27,29)/t15-,16-,17-/m0/s1. The lowest BCUT2D eigenvalue weighted by Crippen LogP contribution is -2.56. The van der Waals surface area contributed by atoms with Crippen LogP contribution in [0.3, 0.4) is 0 Å². The summed E-state index contributed by atoms with van der Waals surface area (Å²) in [7, 11) is 0. The number of amides is 5. The molecule has 1 aliphatic rings. The van der Waals surface area contributed by atoms with Gasteiger partial charge in [0.2, 0.25) is 29.5 Å². The Bertz CT molecular complexity index is 909. The van der Waals surface area contributed by atoms with Crippen molar-refractivity contribution in [2.75, 3.05) is 26.2 Å². The van der Waals surface area contributed by atoms with Crippen LogP contribution in [-0.2, 0) is 28.8 Å². The molecule has 1 fully saturated rings. The van der Waals surface area contributed by atoms with Crippen LogP contribution < -0.4 is 43.8 Å². The Morgan fingerprint density at radius 2 is 1.45 bits per heavy atom. The van der Waals surface area contributed by atoms with Gasteiger partial charge in [-0.15, -0.1) is 0 Å². The maximum atomic E-state index is 12.9. The van der Waals surface area contributed by atoms with Gasteiger partial charge in [0.05, 0.1) is 13.0 Å². The summed E-state index contributed by atoms with van der Waals surface area (Å²) >= 11 is 0. The highest BCUT2D eigenvalue weighted by atomic mass is 16.4. The van der Waals surface area contributed by atoms with E-state index in [1.165, 1.54) is 0 Å². The van der Waals surface area contributed by atoms with Gasteiger partial charge < -0.3 is 48.9 Å². The molecular weight excluding hydrogens is 526 g/mol. The summed E-state index contributed by atoms with van der Waals surface area (Å²) in [5.74, 6) is -4.58. The number of guanidine groups is 1. The quantitative estimate of drug-likeness (QED) is 0.0726. The molecule has 0 unspecified atom stereocenters. The van der Waals surface area contributed by atoms with E-state index in [2.05, 4.69) is 31.6 Å². The Kier molecular flexibility index (Phi) is 16.3. The van der Waals surface area contributed by atoms with Crippen LogP contribution in [0, 0.1) is 0 Å². The number of hydrogen-bond acceptors (Lipinski definition) is 8. The van der Waals surface area contributed by atoms with Gasteiger partial charge in [-0.05, 0) is 51.5 Å². The second kappa shape index (κ2) is 19.2. The molecule has 0 aromatic rings. The zero-order chi connectivity index (χ0) is 29.9. The first-order chi connectivity index (χ1) is 19.0. The van der Waals surface area contributed by atoms with Crippen molar-refractivity contribution in [1.29, 1.82) is 0 Å². The first-order valence-electron chi connectivity index (χ1n) is 13.4. The van der Waals surface area contributed by atoms with Crippen LogP contribution in [0.1, 0.15) is 64.2 Å². The number of nitrogens with one attached hydrogen (secondary N) is 5. The fourth-order valence-corrected chi connectivity index (χ4v) is 3.91. The normalized spacial score (nSPS) is 22.2. The number of carbonyl (C=O) groups excluding carboxylic acids is 5. The third kappa shape index (κ3) is 14.8. The van der Waals surface area contributed by atoms with Crippen molar-refractivity contribution in [2.24, 2.45) is 22.2 Å². The van der Waals surface area contributed by atoms with E-state index in [1.807, 2.05) is 0 Å². The van der Waals surface area contributed by atoms with E-state index in [-0.39, 0.29) is 37.7 Å². The lowest BCUT2D eigenvalue weighted by Gasteiger charge is -2.23. The second-order valence-electron chi connectivity index (χ2n) is 9.45. The molecule has 0 bridgehead atoms. The molecule has 1 aliphatic heterocycles. The minimum absolute atomic E-state index is 0.108. The monoisotopic (exact) mass is 569 g/mol. The number of unbranched alkanes of at least 4 members (excludes halogenated alkanes) is 1. The molecule has 1 saturated heterocycles. The van der Waals surface area contributed by atoms with Crippen LogP contribution in [-0.4, -0.2) is 90.9 Å². The highest BCUT2D eigenvalue weighted by Gasteiger charge is 2.29. The second-order valence-corrected chi connectivity index (χ2v) is 9.45. The summed E-state index contributed by atoms with van der Waals surface area (Å²) < 4.78 is 0. The van der Waals surface area contributed by atoms with Gasteiger partial charge in [-0.3, -0.25) is 33.8 Å². The molecule has 40 heavy (non-hydrogen) atoms. The number of hydrogen-bond donors (Lipinski definition) is 9. The Morgan fingerprint density at radius 3 is 2.12 bits per heavy atom. The zero-order valence-electron chi connectivity index (χ0n) is 22.7. The minimum atomic E-state index is -1.50. The molecule has 1 heterocycles. The molecule has 3 atom stereocenters. The summed E-state index contributed by atoms with van der Waals surface area (Å²) in [5, 5.41) is 21.9. The number of rotatable bonds is 10. The van der Waals surface area contributed by atoms with Crippen molar-refractivity contribution in [3.8, 4) is 0 Å². The summed E-state index contributed by atoms with van der Waals surface area (Å²) in [5.41, 5.74) is 16.1. The van der Waals surface area contributed by atoms with Crippen LogP contribution in [0.4, 0.5) is 0 Å². The smallest absolute Gasteiger partial charge is 0.305 e. The Balaban J connectivity index is 3.05.